The predicted octanol–water partition coefficient (Wildman–Crippen LogP) is 0.257. The molecule has 0 spiro atoms. The summed E-state index contributed by atoms with van der Waals surface area (Å²) in [5.74, 6) is 0.624. The van der Waals surface area contributed by atoms with E-state index in [0.29, 0.717) is 11.9 Å². The van der Waals surface area contributed by atoms with Gasteiger partial charge in [0.25, 0.3) is 0 Å². The fraction of sp³-hybridized carbons (Fsp3) is 0.556. The number of carbonyl (C=O) groups excluding carboxylic acids is 1. The highest BCUT2D eigenvalue weighted by molar-refractivity contribution is 6.28. The van der Waals surface area contributed by atoms with E-state index < -0.39 is 0 Å². The number of anilines is 2. The van der Waals surface area contributed by atoms with E-state index in [1.54, 1.807) is 7.05 Å². The second-order valence-electron chi connectivity index (χ2n) is 3.63. The average molecular weight is 257 g/mol. The van der Waals surface area contributed by atoms with Gasteiger partial charge in [0.1, 0.15) is 6.04 Å². The highest BCUT2D eigenvalue weighted by atomic mass is 35.5. The maximum atomic E-state index is 11.5. The summed E-state index contributed by atoms with van der Waals surface area (Å²) in [5, 5.41) is 8.58. The maximum absolute atomic E-state index is 11.5. The van der Waals surface area contributed by atoms with Crippen molar-refractivity contribution in [1.82, 2.24) is 20.3 Å². The summed E-state index contributed by atoms with van der Waals surface area (Å²) in [6.45, 7) is 0.719. The van der Waals surface area contributed by atoms with Crippen LogP contribution in [0.3, 0.4) is 0 Å². The molecule has 2 rings (SSSR count). The zero-order valence-electron chi connectivity index (χ0n) is 9.33. The van der Waals surface area contributed by atoms with Gasteiger partial charge in [0, 0.05) is 13.6 Å². The summed E-state index contributed by atoms with van der Waals surface area (Å²) in [6, 6.07) is -0.313. The fourth-order valence-corrected chi connectivity index (χ4v) is 1.75. The van der Waals surface area contributed by atoms with Crippen molar-refractivity contribution in [1.29, 1.82) is 0 Å². The van der Waals surface area contributed by atoms with Crippen molar-refractivity contribution in [3.05, 3.63) is 5.28 Å². The number of carbonyl (C=O) groups is 1. The lowest BCUT2D eigenvalue weighted by Crippen LogP contribution is -2.44. The molecule has 1 aliphatic heterocycles. The van der Waals surface area contributed by atoms with Gasteiger partial charge >= 0.3 is 0 Å². The van der Waals surface area contributed by atoms with Gasteiger partial charge in [-0.25, -0.2) is 0 Å². The second-order valence-corrected chi connectivity index (χ2v) is 3.97. The number of nitrogens with one attached hydrogen (secondary N) is 3. The Balaban J connectivity index is 2.11. The number of amides is 1. The average Bonchev–Trinajstić information content (AvgIpc) is 2.31. The third-order valence-electron chi connectivity index (χ3n) is 2.42. The van der Waals surface area contributed by atoms with Gasteiger partial charge in [0.15, 0.2) is 0 Å². The number of hydrogen-bond acceptors (Lipinski definition) is 6. The predicted molar refractivity (Wildman–Crippen MR) is 64.0 cm³/mol. The molecule has 0 bridgehead atoms. The van der Waals surface area contributed by atoms with Gasteiger partial charge in [0.2, 0.25) is 23.1 Å². The molecule has 1 aromatic rings. The van der Waals surface area contributed by atoms with Crippen LogP contribution in [0.15, 0.2) is 0 Å². The molecular weight excluding hydrogens is 244 g/mol. The lowest BCUT2D eigenvalue weighted by molar-refractivity contribution is -0.123. The Hall–Kier alpha value is -1.63. The first kappa shape index (κ1) is 11.8. The van der Waals surface area contributed by atoms with Crippen LogP contribution in [0.4, 0.5) is 11.9 Å². The molecule has 1 fully saturated rings. The van der Waals surface area contributed by atoms with Gasteiger partial charge in [0.05, 0.1) is 0 Å². The Kier molecular flexibility index (Phi) is 3.58. The van der Waals surface area contributed by atoms with Crippen LogP contribution in [-0.4, -0.2) is 40.5 Å². The molecule has 1 aromatic heterocycles. The smallest absolute Gasteiger partial charge is 0.242 e. The number of halogens is 1. The largest absolute Gasteiger partial charge is 0.357 e. The molecule has 0 aromatic carbocycles. The number of piperidine rings is 1. The molecule has 3 N–H and O–H groups in total. The first-order valence-electron chi connectivity index (χ1n) is 5.32. The van der Waals surface area contributed by atoms with Crippen LogP contribution in [0.5, 0.6) is 0 Å². The number of aromatic nitrogens is 3. The van der Waals surface area contributed by atoms with E-state index in [1.165, 1.54) is 0 Å². The molecule has 7 nitrogen and oxygen atoms in total. The zero-order valence-corrected chi connectivity index (χ0v) is 10.1. The minimum absolute atomic E-state index is 0.0428. The van der Waals surface area contributed by atoms with E-state index in [9.17, 15) is 4.79 Å². The normalized spacial score (nSPS) is 19.6. The Morgan fingerprint density at radius 2 is 2.12 bits per heavy atom. The summed E-state index contributed by atoms with van der Waals surface area (Å²) in [7, 11) is 1.68. The molecular formula is C9H13ClN6O. The Morgan fingerprint density at radius 1 is 1.35 bits per heavy atom. The van der Waals surface area contributed by atoms with Gasteiger partial charge < -0.3 is 16.0 Å². The fourth-order valence-electron chi connectivity index (χ4n) is 1.59. The Labute approximate surface area is 103 Å². The molecule has 92 valence electrons. The van der Waals surface area contributed by atoms with Crippen LogP contribution in [0.2, 0.25) is 5.28 Å². The molecule has 1 saturated heterocycles. The van der Waals surface area contributed by atoms with Gasteiger partial charge in [-0.2, -0.15) is 15.0 Å². The van der Waals surface area contributed by atoms with Crippen LogP contribution in [-0.2, 0) is 4.79 Å². The minimum Gasteiger partial charge on any atom is -0.357 e. The minimum atomic E-state index is -0.313. The molecule has 0 saturated carbocycles. The van der Waals surface area contributed by atoms with Crippen LogP contribution in [0.25, 0.3) is 0 Å². The molecule has 2 heterocycles. The lowest BCUT2D eigenvalue weighted by Gasteiger charge is -2.22. The van der Waals surface area contributed by atoms with Gasteiger partial charge in [-0.1, -0.05) is 0 Å². The van der Waals surface area contributed by atoms with Crippen LogP contribution in [0.1, 0.15) is 12.8 Å². The van der Waals surface area contributed by atoms with E-state index in [4.69, 9.17) is 11.6 Å². The molecule has 1 aliphatic rings. The monoisotopic (exact) mass is 256 g/mol. The molecule has 1 atom stereocenters. The van der Waals surface area contributed by atoms with E-state index in [1.807, 2.05) is 0 Å². The SMILES string of the molecule is CNc1nc(Cl)nc(NC2CCCNC2=O)n1. The first-order valence-corrected chi connectivity index (χ1v) is 5.70. The van der Waals surface area contributed by atoms with Crippen LogP contribution < -0.4 is 16.0 Å². The molecule has 1 unspecified atom stereocenters. The summed E-state index contributed by atoms with van der Waals surface area (Å²) in [5.41, 5.74) is 0. The van der Waals surface area contributed by atoms with Gasteiger partial charge in [-0.3, -0.25) is 4.79 Å². The summed E-state index contributed by atoms with van der Waals surface area (Å²) >= 11 is 5.74. The van der Waals surface area contributed by atoms with E-state index in [-0.39, 0.29) is 17.2 Å². The molecule has 0 aliphatic carbocycles. The van der Waals surface area contributed by atoms with Gasteiger partial charge in [-0.05, 0) is 24.4 Å². The van der Waals surface area contributed by atoms with Crippen molar-refractivity contribution in [2.75, 3.05) is 24.2 Å². The highest BCUT2D eigenvalue weighted by Crippen LogP contribution is 2.13. The van der Waals surface area contributed by atoms with Crippen molar-refractivity contribution in [2.45, 2.75) is 18.9 Å². The third-order valence-corrected chi connectivity index (χ3v) is 2.59. The topological polar surface area (TPSA) is 91.8 Å². The number of hydrogen-bond donors (Lipinski definition) is 3. The quantitative estimate of drug-likeness (QED) is 0.718. The van der Waals surface area contributed by atoms with Crippen molar-refractivity contribution < 1.29 is 4.79 Å². The summed E-state index contributed by atoms with van der Waals surface area (Å²) in [6.07, 6.45) is 1.69. The molecule has 17 heavy (non-hydrogen) atoms. The lowest BCUT2D eigenvalue weighted by atomic mass is 10.1. The first-order chi connectivity index (χ1) is 8.19. The molecule has 1 amide bonds. The van der Waals surface area contributed by atoms with Crippen LogP contribution >= 0.6 is 11.6 Å². The Morgan fingerprint density at radius 3 is 2.82 bits per heavy atom. The van der Waals surface area contributed by atoms with Crippen molar-refractivity contribution >= 4 is 29.4 Å². The molecule has 8 heteroatoms. The van der Waals surface area contributed by atoms with E-state index >= 15 is 0 Å². The molecule has 0 radical (unpaired) electrons. The zero-order chi connectivity index (χ0) is 12.3. The van der Waals surface area contributed by atoms with E-state index in [0.717, 1.165) is 19.4 Å². The maximum Gasteiger partial charge on any atom is 0.242 e. The number of rotatable bonds is 3. The number of nitrogens with zero attached hydrogens (tertiary/aromatic N) is 3. The highest BCUT2D eigenvalue weighted by Gasteiger charge is 2.22. The van der Waals surface area contributed by atoms with Crippen molar-refractivity contribution in [2.24, 2.45) is 0 Å². The third kappa shape index (κ3) is 2.94. The Bertz CT molecular complexity index is 426. The van der Waals surface area contributed by atoms with Crippen LogP contribution in [0, 0.1) is 0 Å². The summed E-state index contributed by atoms with van der Waals surface area (Å²) < 4.78 is 0. The van der Waals surface area contributed by atoms with Crippen molar-refractivity contribution in [3.63, 3.8) is 0 Å². The summed E-state index contributed by atoms with van der Waals surface area (Å²) in [4.78, 5) is 23.4. The standard InChI is InChI=1S/C9H13ClN6O/c1-11-8-14-7(10)15-9(16-8)13-5-3-2-4-12-6(5)17/h5H,2-4H2,1H3,(H,12,17)(H2,11,13,14,15,16). The van der Waals surface area contributed by atoms with Gasteiger partial charge in [-0.15, -0.1) is 0 Å². The second kappa shape index (κ2) is 5.13. The van der Waals surface area contributed by atoms with Crippen molar-refractivity contribution in [3.8, 4) is 0 Å². The van der Waals surface area contributed by atoms with E-state index in [2.05, 4.69) is 30.9 Å².